The molecule has 0 atom stereocenters. The molecule has 5 nitrogen and oxygen atoms in total. The molecule has 2 aromatic carbocycles. The molecule has 0 saturated carbocycles. The smallest absolute Gasteiger partial charge is 0.266 e. The summed E-state index contributed by atoms with van der Waals surface area (Å²) in [7, 11) is 0. The fourth-order valence-corrected chi connectivity index (χ4v) is 3.23. The van der Waals surface area contributed by atoms with E-state index in [1.54, 1.807) is 24.3 Å². The standard InChI is InChI=1S/C20H18N2O3S/c1-13-2-4-14(5-3-13)17-10-11-26-19(17)20(24)22-15-6-8-16(9-7-15)25-12-18(21)23/h2-11H,12H2,1H3,(H2,21,23)(H,22,24). The SMILES string of the molecule is Cc1ccc(-c2ccsc2C(=O)Nc2ccc(OCC(N)=O)cc2)cc1. The van der Waals surface area contributed by atoms with E-state index in [0.29, 0.717) is 16.3 Å². The van der Waals surface area contributed by atoms with E-state index >= 15 is 0 Å². The average molecular weight is 366 g/mol. The Kier molecular flexibility index (Phi) is 5.34. The van der Waals surface area contributed by atoms with Crippen molar-refractivity contribution in [2.75, 3.05) is 11.9 Å². The highest BCUT2D eigenvalue weighted by atomic mass is 32.1. The Morgan fingerprint density at radius 2 is 1.73 bits per heavy atom. The highest BCUT2D eigenvalue weighted by molar-refractivity contribution is 7.12. The van der Waals surface area contributed by atoms with Gasteiger partial charge in [-0.1, -0.05) is 29.8 Å². The van der Waals surface area contributed by atoms with Crippen LogP contribution in [0.3, 0.4) is 0 Å². The van der Waals surface area contributed by atoms with Crippen LogP contribution in [0.4, 0.5) is 5.69 Å². The third-order valence-corrected chi connectivity index (χ3v) is 4.64. The van der Waals surface area contributed by atoms with Crippen LogP contribution < -0.4 is 15.8 Å². The molecule has 3 aromatic rings. The predicted molar refractivity (Wildman–Crippen MR) is 104 cm³/mol. The number of hydrogen-bond acceptors (Lipinski definition) is 4. The molecule has 132 valence electrons. The first-order valence-corrected chi connectivity index (χ1v) is 8.88. The lowest BCUT2D eigenvalue weighted by Gasteiger charge is -2.08. The second-order valence-corrected chi connectivity index (χ2v) is 6.68. The molecular weight excluding hydrogens is 348 g/mol. The molecule has 0 fully saturated rings. The summed E-state index contributed by atoms with van der Waals surface area (Å²) in [5.74, 6) is -0.191. The molecule has 3 N–H and O–H groups in total. The molecule has 3 rings (SSSR count). The minimum absolute atomic E-state index is 0.165. The van der Waals surface area contributed by atoms with E-state index in [4.69, 9.17) is 10.5 Å². The van der Waals surface area contributed by atoms with Crippen LogP contribution in [0.15, 0.2) is 60.0 Å². The first kappa shape index (κ1) is 17.7. The minimum Gasteiger partial charge on any atom is -0.484 e. The number of carbonyl (C=O) groups excluding carboxylic acids is 2. The van der Waals surface area contributed by atoms with Gasteiger partial charge >= 0.3 is 0 Å². The first-order chi connectivity index (χ1) is 12.5. The summed E-state index contributed by atoms with van der Waals surface area (Å²) >= 11 is 1.40. The van der Waals surface area contributed by atoms with Gasteiger partial charge in [0.25, 0.3) is 11.8 Å². The summed E-state index contributed by atoms with van der Waals surface area (Å²) in [6, 6.07) is 16.8. The molecule has 0 saturated heterocycles. The minimum atomic E-state index is -0.538. The van der Waals surface area contributed by atoms with Crippen molar-refractivity contribution in [3.05, 3.63) is 70.4 Å². The van der Waals surface area contributed by atoms with E-state index in [0.717, 1.165) is 11.1 Å². The molecule has 26 heavy (non-hydrogen) atoms. The number of benzene rings is 2. The quantitative estimate of drug-likeness (QED) is 0.695. The largest absolute Gasteiger partial charge is 0.484 e. The number of hydrogen-bond donors (Lipinski definition) is 2. The van der Waals surface area contributed by atoms with Crippen molar-refractivity contribution >= 4 is 28.8 Å². The zero-order chi connectivity index (χ0) is 18.5. The normalized spacial score (nSPS) is 10.3. The van der Waals surface area contributed by atoms with E-state index < -0.39 is 5.91 Å². The molecule has 0 bridgehead atoms. The highest BCUT2D eigenvalue weighted by Crippen LogP contribution is 2.29. The Morgan fingerprint density at radius 1 is 1.04 bits per heavy atom. The number of aryl methyl sites for hydroxylation is 1. The van der Waals surface area contributed by atoms with Crippen molar-refractivity contribution in [1.29, 1.82) is 0 Å². The van der Waals surface area contributed by atoms with Crippen LogP contribution in [0, 0.1) is 6.92 Å². The maximum Gasteiger partial charge on any atom is 0.266 e. The van der Waals surface area contributed by atoms with E-state index in [9.17, 15) is 9.59 Å². The Bertz CT molecular complexity index is 915. The van der Waals surface area contributed by atoms with Crippen LogP contribution in [0.2, 0.25) is 0 Å². The monoisotopic (exact) mass is 366 g/mol. The van der Waals surface area contributed by atoms with E-state index in [1.165, 1.54) is 16.9 Å². The summed E-state index contributed by atoms with van der Waals surface area (Å²) in [6.45, 7) is 1.85. The summed E-state index contributed by atoms with van der Waals surface area (Å²) in [5, 5.41) is 4.79. The summed E-state index contributed by atoms with van der Waals surface area (Å²) < 4.78 is 5.20. The molecule has 2 amide bonds. The van der Waals surface area contributed by atoms with Crippen molar-refractivity contribution in [2.24, 2.45) is 5.73 Å². The van der Waals surface area contributed by atoms with Gasteiger partial charge in [0.05, 0.1) is 4.88 Å². The zero-order valence-corrected chi connectivity index (χ0v) is 15.0. The van der Waals surface area contributed by atoms with E-state index in [2.05, 4.69) is 5.32 Å². The first-order valence-electron chi connectivity index (χ1n) is 8.00. The summed E-state index contributed by atoms with van der Waals surface area (Å²) in [4.78, 5) is 24.0. The fraction of sp³-hybridized carbons (Fsp3) is 0.100. The second kappa shape index (κ2) is 7.84. The molecular formula is C20H18N2O3S. The van der Waals surface area contributed by atoms with Gasteiger partial charge in [0, 0.05) is 11.3 Å². The van der Waals surface area contributed by atoms with Crippen LogP contribution in [-0.2, 0) is 4.79 Å². The Morgan fingerprint density at radius 3 is 2.38 bits per heavy atom. The number of nitrogens with two attached hydrogens (primary N) is 1. The highest BCUT2D eigenvalue weighted by Gasteiger charge is 2.15. The van der Waals surface area contributed by atoms with Gasteiger partial charge < -0.3 is 15.8 Å². The summed E-state index contributed by atoms with van der Waals surface area (Å²) in [5.41, 5.74) is 8.78. The Balaban J connectivity index is 1.72. The number of nitrogens with one attached hydrogen (secondary N) is 1. The molecule has 0 spiro atoms. The number of ether oxygens (including phenoxy) is 1. The van der Waals surface area contributed by atoms with Gasteiger partial charge in [-0.15, -0.1) is 11.3 Å². The molecule has 6 heteroatoms. The maximum absolute atomic E-state index is 12.6. The molecule has 0 aliphatic rings. The van der Waals surface area contributed by atoms with Crippen LogP contribution in [-0.4, -0.2) is 18.4 Å². The molecule has 1 heterocycles. The number of primary amides is 1. The number of anilines is 1. The van der Waals surface area contributed by atoms with Gasteiger partial charge in [0.15, 0.2) is 6.61 Å². The lowest BCUT2D eigenvalue weighted by atomic mass is 10.0. The molecule has 0 unspecified atom stereocenters. The predicted octanol–water partition coefficient (Wildman–Crippen LogP) is 3.84. The number of carbonyl (C=O) groups is 2. The third kappa shape index (κ3) is 4.29. The second-order valence-electron chi connectivity index (χ2n) is 5.76. The maximum atomic E-state index is 12.6. The van der Waals surface area contributed by atoms with Crippen molar-refractivity contribution < 1.29 is 14.3 Å². The zero-order valence-electron chi connectivity index (χ0n) is 14.2. The topological polar surface area (TPSA) is 81.4 Å². The molecule has 0 aliphatic heterocycles. The van der Waals surface area contributed by atoms with Gasteiger partial charge in [-0.05, 0) is 48.2 Å². The fourth-order valence-electron chi connectivity index (χ4n) is 2.42. The van der Waals surface area contributed by atoms with E-state index in [-0.39, 0.29) is 12.5 Å². The van der Waals surface area contributed by atoms with Crippen molar-refractivity contribution in [3.8, 4) is 16.9 Å². The third-order valence-electron chi connectivity index (χ3n) is 3.73. The molecule has 1 aromatic heterocycles. The van der Waals surface area contributed by atoms with Crippen LogP contribution in [0.5, 0.6) is 5.75 Å². The number of thiophene rings is 1. The number of rotatable bonds is 6. The van der Waals surface area contributed by atoms with E-state index in [1.807, 2.05) is 42.6 Å². The average Bonchev–Trinajstić information content (AvgIpc) is 3.11. The van der Waals surface area contributed by atoms with Gasteiger partial charge in [-0.2, -0.15) is 0 Å². The van der Waals surface area contributed by atoms with Crippen LogP contribution >= 0.6 is 11.3 Å². The lowest BCUT2D eigenvalue weighted by Crippen LogP contribution is -2.20. The van der Waals surface area contributed by atoms with Gasteiger partial charge in [-0.3, -0.25) is 9.59 Å². The van der Waals surface area contributed by atoms with Crippen molar-refractivity contribution in [1.82, 2.24) is 0 Å². The number of amides is 2. The lowest BCUT2D eigenvalue weighted by molar-refractivity contribution is -0.119. The van der Waals surface area contributed by atoms with Crippen LogP contribution in [0.25, 0.3) is 11.1 Å². The Labute approximate surface area is 155 Å². The van der Waals surface area contributed by atoms with Gasteiger partial charge in [-0.25, -0.2) is 0 Å². The molecule has 0 radical (unpaired) electrons. The van der Waals surface area contributed by atoms with Crippen molar-refractivity contribution in [2.45, 2.75) is 6.92 Å². The Hall–Kier alpha value is -3.12. The molecule has 0 aliphatic carbocycles. The summed E-state index contributed by atoms with van der Waals surface area (Å²) in [6.07, 6.45) is 0. The van der Waals surface area contributed by atoms with Gasteiger partial charge in [0.2, 0.25) is 0 Å². The van der Waals surface area contributed by atoms with Crippen LogP contribution in [0.1, 0.15) is 15.2 Å². The van der Waals surface area contributed by atoms with Crippen molar-refractivity contribution in [3.63, 3.8) is 0 Å². The van der Waals surface area contributed by atoms with Gasteiger partial charge in [0.1, 0.15) is 5.75 Å².